The van der Waals surface area contributed by atoms with E-state index in [0.717, 1.165) is 17.5 Å². The van der Waals surface area contributed by atoms with E-state index in [4.69, 9.17) is 4.74 Å². The van der Waals surface area contributed by atoms with Gasteiger partial charge in [-0.3, -0.25) is 9.59 Å². The van der Waals surface area contributed by atoms with Crippen LogP contribution in [0, 0.1) is 6.92 Å². The molecule has 0 aliphatic carbocycles. The number of rotatable bonds is 7. The number of esters is 1. The minimum Gasteiger partial charge on any atom is -0.451 e. The van der Waals surface area contributed by atoms with E-state index in [1.165, 1.54) is 0 Å². The summed E-state index contributed by atoms with van der Waals surface area (Å²) >= 11 is 0. The minimum absolute atomic E-state index is 0.0198. The maximum Gasteiger partial charge on any atom is 0.359 e. The van der Waals surface area contributed by atoms with Crippen LogP contribution < -0.4 is 5.56 Å². The van der Waals surface area contributed by atoms with E-state index >= 15 is 0 Å². The number of fused-ring (bicyclic) bond motifs is 1. The molecule has 29 heavy (non-hydrogen) atoms. The molecule has 0 saturated heterocycles. The van der Waals surface area contributed by atoms with Crippen molar-refractivity contribution >= 4 is 22.6 Å². The lowest BCUT2D eigenvalue weighted by molar-refractivity contribution is -0.135. The van der Waals surface area contributed by atoms with E-state index in [9.17, 15) is 14.4 Å². The Bertz CT molecular complexity index is 1070. The topological polar surface area (TPSA) is 92.4 Å². The van der Waals surface area contributed by atoms with Crippen molar-refractivity contribution < 1.29 is 14.3 Å². The summed E-state index contributed by atoms with van der Waals surface area (Å²) in [7, 11) is 0. The molecule has 0 aliphatic rings. The number of H-pyrrole nitrogens is 1. The molecule has 2 aromatic carbocycles. The van der Waals surface area contributed by atoms with E-state index in [1.54, 1.807) is 29.2 Å². The summed E-state index contributed by atoms with van der Waals surface area (Å²) in [6.07, 6.45) is 0.789. The zero-order chi connectivity index (χ0) is 20.8. The third kappa shape index (κ3) is 4.87. The molecule has 0 bridgehead atoms. The molecule has 3 aromatic rings. The van der Waals surface area contributed by atoms with Crippen molar-refractivity contribution in [3.8, 4) is 0 Å². The van der Waals surface area contributed by atoms with Gasteiger partial charge in [0.2, 0.25) is 0 Å². The number of ether oxygens (including phenoxy) is 1. The molecule has 7 nitrogen and oxygen atoms in total. The number of benzene rings is 2. The van der Waals surface area contributed by atoms with Crippen LogP contribution in [-0.2, 0) is 16.1 Å². The van der Waals surface area contributed by atoms with Crippen LogP contribution in [0.5, 0.6) is 0 Å². The number of amides is 1. The van der Waals surface area contributed by atoms with Crippen molar-refractivity contribution in [3.63, 3.8) is 0 Å². The first-order chi connectivity index (χ1) is 14.0. The number of hydrogen-bond acceptors (Lipinski definition) is 5. The second-order valence-corrected chi connectivity index (χ2v) is 6.82. The minimum atomic E-state index is -0.752. The summed E-state index contributed by atoms with van der Waals surface area (Å²) in [5, 5.41) is 6.82. The number of carbonyl (C=O) groups is 2. The second-order valence-electron chi connectivity index (χ2n) is 6.82. The first-order valence-corrected chi connectivity index (χ1v) is 9.47. The van der Waals surface area contributed by atoms with Crippen molar-refractivity contribution in [1.82, 2.24) is 15.1 Å². The molecule has 0 fully saturated rings. The third-order valence-corrected chi connectivity index (χ3v) is 4.56. The summed E-state index contributed by atoms with van der Waals surface area (Å²) in [4.78, 5) is 38.6. The maximum atomic E-state index is 12.6. The highest BCUT2D eigenvalue weighted by molar-refractivity contribution is 6.02. The standard InChI is InChI=1S/C22H23N3O4/c1-3-12-25(13-16-10-8-15(2)9-11-16)19(26)14-29-22(28)20-17-6-4-5-7-18(17)21(27)24-23-20/h4-11H,3,12-14H2,1-2H3,(H,24,27). The van der Waals surface area contributed by atoms with Crippen molar-refractivity contribution in [3.05, 3.63) is 75.7 Å². The fraction of sp³-hybridized carbons (Fsp3) is 0.273. The molecular weight excluding hydrogens is 370 g/mol. The van der Waals surface area contributed by atoms with Crippen molar-refractivity contribution in [1.29, 1.82) is 0 Å². The molecule has 3 rings (SSSR count). The summed E-state index contributed by atoms with van der Waals surface area (Å²) < 4.78 is 5.21. The summed E-state index contributed by atoms with van der Waals surface area (Å²) in [5.41, 5.74) is 1.75. The number of nitrogens with one attached hydrogen (secondary N) is 1. The number of aryl methyl sites for hydroxylation is 1. The van der Waals surface area contributed by atoms with E-state index in [-0.39, 0.29) is 23.8 Å². The Hall–Kier alpha value is -3.48. The van der Waals surface area contributed by atoms with Crippen LogP contribution in [0.1, 0.15) is 35.0 Å². The number of aromatic nitrogens is 2. The van der Waals surface area contributed by atoms with Crippen LogP contribution in [0.3, 0.4) is 0 Å². The Morgan fingerprint density at radius 2 is 1.76 bits per heavy atom. The van der Waals surface area contributed by atoms with Crippen LogP contribution in [0.15, 0.2) is 53.3 Å². The largest absolute Gasteiger partial charge is 0.451 e. The van der Waals surface area contributed by atoms with Crippen molar-refractivity contribution in [2.75, 3.05) is 13.2 Å². The highest BCUT2D eigenvalue weighted by atomic mass is 16.5. The van der Waals surface area contributed by atoms with Crippen molar-refractivity contribution in [2.45, 2.75) is 26.8 Å². The average molecular weight is 393 g/mol. The van der Waals surface area contributed by atoms with E-state index < -0.39 is 5.97 Å². The Balaban J connectivity index is 1.69. The Labute approximate surface area is 168 Å². The molecule has 1 N–H and O–H groups in total. The molecule has 0 aliphatic heterocycles. The van der Waals surface area contributed by atoms with Gasteiger partial charge in [-0.15, -0.1) is 0 Å². The van der Waals surface area contributed by atoms with Crippen molar-refractivity contribution in [2.24, 2.45) is 0 Å². The molecule has 1 aromatic heterocycles. The Morgan fingerprint density at radius 3 is 2.45 bits per heavy atom. The SMILES string of the molecule is CCCN(Cc1ccc(C)cc1)C(=O)COC(=O)c1n[nH]c(=O)c2ccccc12. The van der Waals surface area contributed by atoms with Gasteiger partial charge in [0.1, 0.15) is 0 Å². The summed E-state index contributed by atoms with van der Waals surface area (Å²) in [5.74, 6) is -1.04. The fourth-order valence-corrected chi connectivity index (χ4v) is 3.03. The van der Waals surface area contributed by atoms with Gasteiger partial charge in [-0.25, -0.2) is 9.89 Å². The molecule has 0 atom stereocenters. The molecule has 0 spiro atoms. The van der Waals surface area contributed by atoms with Gasteiger partial charge in [-0.1, -0.05) is 55.0 Å². The first-order valence-electron chi connectivity index (χ1n) is 9.47. The molecular formula is C22H23N3O4. The van der Waals surface area contributed by atoms with Crippen LogP contribution in [0.4, 0.5) is 0 Å². The second kappa shape index (κ2) is 9.14. The van der Waals surface area contributed by atoms with E-state index in [0.29, 0.717) is 23.9 Å². The van der Waals surface area contributed by atoms with Gasteiger partial charge < -0.3 is 9.64 Å². The number of aromatic amines is 1. The lowest BCUT2D eigenvalue weighted by Crippen LogP contribution is -2.35. The third-order valence-electron chi connectivity index (χ3n) is 4.56. The average Bonchev–Trinajstić information content (AvgIpc) is 2.73. The predicted molar refractivity (Wildman–Crippen MR) is 110 cm³/mol. The molecule has 0 saturated carbocycles. The first kappa shape index (κ1) is 20.3. The maximum absolute atomic E-state index is 12.6. The molecule has 150 valence electrons. The van der Waals surface area contributed by atoms with E-state index in [2.05, 4.69) is 10.2 Å². The van der Waals surface area contributed by atoms with Gasteiger partial charge in [0.25, 0.3) is 11.5 Å². The van der Waals surface area contributed by atoms with Crippen LogP contribution >= 0.6 is 0 Å². The van der Waals surface area contributed by atoms with Crippen LogP contribution in [0.2, 0.25) is 0 Å². The Kier molecular flexibility index (Phi) is 6.39. The van der Waals surface area contributed by atoms with Gasteiger partial charge in [-0.05, 0) is 25.0 Å². The summed E-state index contributed by atoms with van der Waals surface area (Å²) in [6, 6.07) is 14.6. The van der Waals surface area contributed by atoms with Crippen LogP contribution in [-0.4, -0.2) is 40.1 Å². The number of hydrogen-bond donors (Lipinski definition) is 1. The van der Waals surface area contributed by atoms with Gasteiger partial charge in [0, 0.05) is 18.5 Å². The molecule has 0 radical (unpaired) electrons. The number of carbonyl (C=O) groups excluding carboxylic acids is 2. The normalized spacial score (nSPS) is 10.7. The zero-order valence-corrected chi connectivity index (χ0v) is 16.5. The highest BCUT2D eigenvalue weighted by Gasteiger charge is 2.19. The number of nitrogens with zero attached hydrogens (tertiary/aromatic N) is 2. The summed E-state index contributed by atoms with van der Waals surface area (Å²) in [6.45, 7) is 4.61. The molecule has 1 amide bonds. The zero-order valence-electron chi connectivity index (χ0n) is 16.5. The van der Waals surface area contributed by atoms with Gasteiger partial charge in [0.15, 0.2) is 12.3 Å². The van der Waals surface area contributed by atoms with E-state index in [1.807, 2.05) is 38.1 Å². The Morgan fingerprint density at radius 1 is 1.07 bits per heavy atom. The predicted octanol–water partition coefficient (Wildman–Crippen LogP) is 2.83. The van der Waals surface area contributed by atoms with Crippen LogP contribution in [0.25, 0.3) is 10.8 Å². The molecule has 0 unspecified atom stereocenters. The highest BCUT2D eigenvalue weighted by Crippen LogP contribution is 2.14. The quantitative estimate of drug-likeness (QED) is 0.623. The molecule has 7 heteroatoms. The smallest absolute Gasteiger partial charge is 0.359 e. The lowest BCUT2D eigenvalue weighted by Gasteiger charge is -2.22. The lowest BCUT2D eigenvalue weighted by atomic mass is 10.1. The van der Waals surface area contributed by atoms with Gasteiger partial charge in [-0.2, -0.15) is 5.10 Å². The monoisotopic (exact) mass is 393 g/mol. The molecule has 1 heterocycles. The van der Waals surface area contributed by atoms with Gasteiger partial charge in [0.05, 0.1) is 5.39 Å². The van der Waals surface area contributed by atoms with Gasteiger partial charge >= 0.3 is 5.97 Å². The fourth-order valence-electron chi connectivity index (χ4n) is 3.03.